The maximum Gasteiger partial charge on any atom is 0.333 e. The van der Waals surface area contributed by atoms with Crippen LogP contribution in [-0.4, -0.2) is 42.9 Å². The summed E-state index contributed by atoms with van der Waals surface area (Å²) in [4.78, 5) is 12.7. The molecule has 1 rings (SSSR count). The Morgan fingerprint density at radius 1 is 1.35 bits per heavy atom. The molecule has 0 saturated carbocycles. The summed E-state index contributed by atoms with van der Waals surface area (Å²) in [5, 5.41) is 3.12. The van der Waals surface area contributed by atoms with Crippen LogP contribution in [-0.2, 0) is 14.9 Å². The minimum Gasteiger partial charge on any atom is -1.00 e. The molecule has 0 radical (unpaired) electrons. The molecular weight excluding hydrogens is 268 g/mol. The van der Waals surface area contributed by atoms with Crippen LogP contribution in [0.25, 0.3) is 0 Å². The fraction of sp³-hybridized carbons (Fsp3) is 0.889. The van der Waals surface area contributed by atoms with Crippen LogP contribution in [0.2, 0.25) is 0 Å². The molecule has 1 aliphatic heterocycles. The number of amides is 1. The molecule has 8 heteroatoms. The first-order valence-corrected chi connectivity index (χ1v) is 6.72. The third kappa shape index (κ3) is 3.62. The Hall–Kier alpha value is -0.210. The number of quaternary nitrogens is 1. The van der Waals surface area contributed by atoms with E-state index in [0.717, 1.165) is 0 Å². The Bertz CT molecular complexity index is 409. The van der Waals surface area contributed by atoms with Crippen molar-refractivity contribution in [1.29, 1.82) is 0 Å². The summed E-state index contributed by atoms with van der Waals surface area (Å²) in [7, 11) is -2.29. The van der Waals surface area contributed by atoms with Crippen LogP contribution in [0, 0.1) is 0 Å². The van der Waals surface area contributed by atoms with E-state index in [9.17, 15) is 13.2 Å². The molecule has 1 heterocycles. The van der Waals surface area contributed by atoms with Gasteiger partial charge in [-0.3, -0.25) is 9.45 Å². The van der Waals surface area contributed by atoms with Gasteiger partial charge in [0.25, 0.3) is 10.1 Å². The van der Waals surface area contributed by atoms with Gasteiger partial charge in [0.15, 0.2) is 5.66 Å². The van der Waals surface area contributed by atoms with Gasteiger partial charge in [-0.25, -0.2) is 10.1 Å². The first kappa shape index (κ1) is 16.8. The van der Waals surface area contributed by atoms with Crippen molar-refractivity contribution in [3.05, 3.63) is 0 Å². The van der Waals surface area contributed by atoms with E-state index in [0.29, 0.717) is 4.90 Å². The minimum absolute atomic E-state index is 0. The molecule has 0 aromatic rings. The highest BCUT2D eigenvalue weighted by molar-refractivity contribution is 7.85. The predicted octanol–water partition coefficient (Wildman–Crippen LogP) is -4.59. The minimum atomic E-state index is -4.03. The van der Waals surface area contributed by atoms with Crippen molar-refractivity contribution in [2.24, 2.45) is 0 Å². The van der Waals surface area contributed by atoms with E-state index < -0.39 is 27.1 Å². The highest BCUT2D eigenvalue weighted by Gasteiger charge is 2.55. The van der Waals surface area contributed by atoms with E-state index in [1.807, 2.05) is 13.8 Å². The van der Waals surface area contributed by atoms with E-state index in [2.05, 4.69) is 5.32 Å². The summed E-state index contributed by atoms with van der Waals surface area (Å²) in [6.45, 7) is 5.41. The van der Waals surface area contributed by atoms with Crippen molar-refractivity contribution in [1.82, 2.24) is 5.32 Å². The molecule has 0 bridgehead atoms. The summed E-state index contributed by atoms with van der Waals surface area (Å²) < 4.78 is 30.1. The van der Waals surface area contributed by atoms with Crippen molar-refractivity contribution in [3.63, 3.8) is 0 Å². The molecule has 102 valence electrons. The second-order valence-electron chi connectivity index (χ2n) is 5.07. The number of rotatable bonds is 3. The number of hydrogen-bond donors (Lipinski definition) is 3. The Balaban J connectivity index is 0.00000256. The average Bonchev–Trinajstić information content (AvgIpc) is 2.24. The molecule has 0 aromatic heterocycles. The highest BCUT2D eigenvalue weighted by atomic mass is 35.5. The Kier molecular flexibility index (Phi) is 4.75. The van der Waals surface area contributed by atoms with Crippen LogP contribution in [0.15, 0.2) is 0 Å². The second kappa shape index (κ2) is 4.81. The molecule has 1 amide bonds. The number of hydrogen-bond acceptors (Lipinski definition) is 4. The molecule has 0 aliphatic carbocycles. The molecule has 17 heavy (non-hydrogen) atoms. The molecule has 3 N–H and O–H groups in total. The van der Waals surface area contributed by atoms with Crippen molar-refractivity contribution in [2.75, 3.05) is 12.8 Å². The van der Waals surface area contributed by atoms with Gasteiger partial charge < -0.3 is 12.4 Å². The normalized spacial score (nSPS) is 32.3. The average molecular weight is 287 g/mol. The van der Waals surface area contributed by atoms with E-state index >= 15 is 0 Å². The highest BCUT2D eigenvalue weighted by Crippen LogP contribution is 2.18. The zero-order valence-electron chi connectivity index (χ0n) is 10.4. The Morgan fingerprint density at radius 2 is 1.82 bits per heavy atom. The summed E-state index contributed by atoms with van der Waals surface area (Å²) in [6.07, 6.45) is 0.0748. The van der Waals surface area contributed by atoms with Gasteiger partial charge in [-0.2, -0.15) is 8.42 Å². The lowest BCUT2D eigenvalue weighted by Gasteiger charge is -2.23. The SMILES string of the molecule is C[NH+]1C(=O)C(C)(CCS(=O)(=O)O)NC1(C)C.[Cl-]. The monoisotopic (exact) mass is 286 g/mol. The summed E-state index contributed by atoms with van der Waals surface area (Å²) >= 11 is 0. The van der Waals surface area contributed by atoms with E-state index in [1.165, 1.54) is 0 Å². The second-order valence-corrected chi connectivity index (χ2v) is 6.64. The molecule has 2 atom stereocenters. The molecule has 1 fully saturated rings. The third-order valence-corrected chi connectivity index (χ3v) is 3.95. The zero-order chi connectivity index (χ0) is 12.8. The van der Waals surface area contributed by atoms with Gasteiger partial charge in [0.05, 0.1) is 12.8 Å². The first-order valence-electron chi connectivity index (χ1n) is 5.11. The van der Waals surface area contributed by atoms with Crippen LogP contribution in [0.3, 0.4) is 0 Å². The number of carbonyl (C=O) groups is 1. The first-order chi connectivity index (χ1) is 6.98. The Labute approximate surface area is 108 Å². The molecular formula is C9H19ClN2O4S. The van der Waals surface area contributed by atoms with Gasteiger partial charge in [0, 0.05) is 13.8 Å². The maximum absolute atomic E-state index is 12.0. The van der Waals surface area contributed by atoms with Gasteiger partial charge in [-0.05, 0) is 13.3 Å². The molecule has 6 nitrogen and oxygen atoms in total. The third-order valence-electron chi connectivity index (χ3n) is 3.23. The van der Waals surface area contributed by atoms with Crippen LogP contribution < -0.4 is 22.6 Å². The lowest BCUT2D eigenvalue weighted by Crippen LogP contribution is -3.18. The van der Waals surface area contributed by atoms with Crippen molar-refractivity contribution < 1.29 is 35.1 Å². The van der Waals surface area contributed by atoms with Crippen LogP contribution in [0.4, 0.5) is 0 Å². The fourth-order valence-electron chi connectivity index (χ4n) is 2.05. The summed E-state index contributed by atoms with van der Waals surface area (Å²) in [5.74, 6) is -0.493. The molecule has 1 aliphatic rings. The number of likely N-dealkylation sites (N-methyl/N-ethyl adjacent to an activating group) is 1. The summed E-state index contributed by atoms with van der Waals surface area (Å²) in [6, 6.07) is 0. The predicted molar refractivity (Wildman–Crippen MR) is 58.5 cm³/mol. The zero-order valence-corrected chi connectivity index (χ0v) is 11.9. The molecule has 2 unspecified atom stereocenters. The maximum atomic E-state index is 12.0. The largest absolute Gasteiger partial charge is 1.00 e. The van der Waals surface area contributed by atoms with Crippen molar-refractivity contribution in [2.45, 2.75) is 38.4 Å². The standard InChI is InChI=1S/C9H18N2O4S.ClH/c1-8(2)10-9(3,7(12)11(8)4)5-6-16(13,14)15;/h10H,5-6H2,1-4H3,(H,13,14,15);1H. The lowest BCUT2D eigenvalue weighted by atomic mass is 9.99. The van der Waals surface area contributed by atoms with Gasteiger partial charge in [-0.1, -0.05) is 0 Å². The Morgan fingerprint density at radius 3 is 2.12 bits per heavy atom. The molecule has 0 aromatic carbocycles. The van der Waals surface area contributed by atoms with Crippen molar-refractivity contribution >= 4 is 16.0 Å². The number of carbonyl (C=O) groups excluding carboxylic acids is 1. The number of halogens is 1. The van der Waals surface area contributed by atoms with Crippen LogP contribution >= 0.6 is 0 Å². The van der Waals surface area contributed by atoms with E-state index in [4.69, 9.17) is 4.55 Å². The quantitative estimate of drug-likeness (QED) is 0.455. The fourth-order valence-corrected chi connectivity index (χ4v) is 2.71. The van der Waals surface area contributed by atoms with Gasteiger partial charge >= 0.3 is 5.91 Å². The topological polar surface area (TPSA) is 87.9 Å². The van der Waals surface area contributed by atoms with Crippen LogP contribution in [0.5, 0.6) is 0 Å². The van der Waals surface area contributed by atoms with Gasteiger partial charge in [0.1, 0.15) is 5.54 Å². The lowest BCUT2D eigenvalue weighted by molar-refractivity contribution is -0.846. The van der Waals surface area contributed by atoms with Gasteiger partial charge in [-0.15, -0.1) is 0 Å². The van der Waals surface area contributed by atoms with E-state index in [-0.39, 0.29) is 24.7 Å². The summed E-state index contributed by atoms with van der Waals surface area (Å²) in [5.41, 5.74) is -1.32. The van der Waals surface area contributed by atoms with Crippen LogP contribution in [0.1, 0.15) is 27.2 Å². The van der Waals surface area contributed by atoms with E-state index in [1.54, 1.807) is 14.0 Å². The van der Waals surface area contributed by atoms with Gasteiger partial charge in [0.2, 0.25) is 0 Å². The number of nitrogens with one attached hydrogen (secondary N) is 2. The smallest absolute Gasteiger partial charge is 0.333 e. The van der Waals surface area contributed by atoms with Crippen molar-refractivity contribution in [3.8, 4) is 0 Å². The molecule has 0 spiro atoms. The molecule has 1 saturated heterocycles.